The van der Waals surface area contributed by atoms with E-state index >= 15 is 0 Å². The fourth-order valence-corrected chi connectivity index (χ4v) is 2.63. The monoisotopic (exact) mass is 211 g/mol. The second kappa shape index (κ2) is 4.43. The summed E-state index contributed by atoms with van der Waals surface area (Å²) >= 11 is 1.80. The van der Waals surface area contributed by atoms with E-state index in [2.05, 4.69) is 29.3 Å². The molecule has 2 nitrogen and oxygen atoms in total. The smallest absolute Gasteiger partial charge is 0.0693 e. The number of hydrogen-bond acceptors (Lipinski definition) is 3. The van der Waals surface area contributed by atoms with Crippen molar-refractivity contribution in [3.05, 3.63) is 22.4 Å². The topological polar surface area (TPSA) is 23.5 Å². The predicted octanol–water partition coefficient (Wildman–Crippen LogP) is 1.95. The molecule has 2 heterocycles. The molecule has 0 saturated carbocycles. The summed E-state index contributed by atoms with van der Waals surface area (Å²) in [6.45, 7) is 5.09. The highest BCUT2D eigenvalue weighted by molar-refractivity contribution is 7.09. The first-order valence-corrected chi connectivity index (χ1v) is 6.06. The molecular formula is C11H17NOS. The lowest BCUT2D eigenvalue weighted by atomic mass is 9.96. The number of piperidine rings is 1. The Labute approximate surface area is 89.2 Å². The van der Waals surface area contributed by atoms with Crippen molar-refractivity contribution in [2.24, 2.45) is 5.92 Å². The van der Waals surface area contributed by atoms with Crippen molar-refractivity contribution in [2.45, 2.75) is 26.0 Å². The average Bonchev–Trinajstić information content (AvgIpc) is 2.64. The van der Waals surface area contributed by atoms with Crippen molar-refractivity contribution in [2.75, 3.05) is 13.1 Å². The van der Waals surface area contributed by atoms with E-state index in [-0.39, 0.29) is 6.10 Å². The third-order valence-electron chi connectivity index (χ3n) is 2.96. The van der Waals surface area contributed by atoms with Gasteiger partial charge in [0.2, 0.25) is 0 Å². The Morgan fingerprint density at radius 2 is 2.50 bits per heavy atom. The third-order valence-corrected chi connectivity index (χ3v) is 3.82. The maximum Gasteiger partial charge on any atom is 0.0693 e. The molecule has 78 valence electrons. The number of hydrogen-bond donors (Lipinski definition) is 1. The zero-order chi connectivity index (χ0) is 9.97. The Balaban J connectivity index is 1.88. The lowest BCUT2D eigenvalue weighted by Crippen LogP contribution is -2.42. The Morgan fingerprint density at radius 3 is 3.14 bits per heavy atom. The van der Waals surface area contributed by atoms with Gasteiger partial charge in [-0.3, -0.25) is 4.90 Å². The van der Waals surface area contributed by atoms with Crippen LogP contribution in [-0.2, 0) is 6.54 Å². The van der Waals surface area contributed by atoms with Crippen LogP contribution in [0.1, 0.15) is 18.2 Å². The van der Waals surface area contributed by atoms with Crippen LogP contribution in [0.25, 0.3) is 0 Å². The summed E-state index contributed by atoms with van der Waals surface area (Å²) in [6.07, 6.45) is 0.982. The first-order valence-electron chi connectivity index (χ1n) is 5.18. The van der Waals surface area contributed by atoms with Gasteiger partial charge in [0.15, 0.2) is 0 Å². The molecule has 14 heavy (non-hydrogen) atoms. The minimum absolute atomic E-state index is 0.135. The van der Waals surface area contributed by atoms with Crippen LogP contribution in [0.4, 0.5) is 0 Å². The molecule has 1 N–H and O–H groups in total. The van der Waals surface area contributed by atoms with Gasteiger partial charge in [-0.1, -0.05) is 13.0 Å². The highest BCUT2D eigenvalue weighted by Crippen LogP contribution is 2.20. The molecule has 1 aromatic rings. The van der Waals surface area contributed by atoms with E-state index in [0.717, 1.165) is 26.1 Å². The molecule has 0 aliphatic carbocycles. The van der Waals surface area contributed by atoms with Crippen LogP contribution in [0.3, 0.4) is 0 Å². The molecule has 3 heteroatoms. The van der Waals surface area contributed by atoms with Crippen molar-refractivity contribution >= 4 is 11.3 Å². The van der Waals surface area contributed by atoms with Crippen LogP contribution in [0.15, 0.2) is 17.5 Å². The molecule has 1 aromatic heterocycles. The molecule has 0 amide bonds. The van der Waals surface area contributed by atoms with Gasteiger partial charge >= 0.3 is 0 Å². The molecule has 2 rings (SSSR count). The van der Waals surface area contributed by atoms with Crippen LogP contribution in [0.2, 0.25) is 0 Å². The molecule has 0 spiro atoms. The molecule has 1 aliphatic heterocycles. The van der Waals surface area contributed by atoms with Crippen molar-refractivity contribution in [3.8, 4) is 0 Å². The molecule has 1 aliphatic rings. The normalized spacial score (nSPS) is 29.3. The Bertz CT molecular complexity index is 273. The zero-order valence-corrected chi connectivity index (χ0v) is 9.33. The molecule has 0 aromatic carbocycles. The number of nitrogens with zero attached hydrogens (tertiary/aromatic N) is 1. The minimum atomic E-state index is -0.135. The molecule has 0 radical (unpaired) electrons. The van der Waals surface area contributed by atoms with Crippen LogP contribution in [-0.4, -0.2) is 29.2 Å². The van der Waals surface area contributed by atoms with Gasteiger partial charge in [0.25, 0.3) is 0 Å². The number of aliphatic hydroxyl groups is 1. The van der Waals surface area contributed by atoms with E-state index in [1.807, 2.05) is 0 Å². The molecular weight excluding hydrogens is 194 g/mol. The molecule has 2 unspecified atom stereocenters. The zero-order valence-electron chi connectivity index (χ0n) is 8.52. The summed E-state index contributed by atoms with van der Waals surface area (Å²) in [4.78, 5) is 3.74. The van der Waals surface area contributed by atoms with Crippen LogP contribution < -0.4 is 0 Å². The maximum absolute atomic E-state index is 9.74. The van der Waals surface area contributed by atoms with E-state index in [9.17, 15) is 5.11 Å². The molecule has 0 bridgehead atoms. The highest BCUT2D eigenvalue weighted by Gasteiger charge is 2.23. The van der Waals surface area contributed by atoms with Crippen LogP contribution in [0, 0.1) is 5.92 Å². The largest absolute Gasteiger partial charge is 0.392 e. The van der Waals surface area contributed by atoms with Gasteiger partial charge in [-0.25, -0.2) is 0 Å². The van der Waals surface area contributed by atoms with Gasteiger partial charge in [0, 0.05) is 18.0 Å². The summed E-state index contributed by atoms with van der Waals surface area (Å²) in [5, 5.41) is 11.8. The molecule has 2 atom stereocenters. The van der Waals surface area contributed by atoms with Crippen molar-refractivity contribution < 1.29 is 5.11 Å². The van der Waals surface area contributed by atoms with E-state index < -0.39 is 0 Å². The van der Waals surface area contributed by atoms with E-state index in [1.165, 1.54) is 4.88 Å². The van der Waals surface area contributed by atoms with E-state index in [4.69, 9.17) is 0 Å². The maximum atomic E-state index is 9.74. The second-order valence-corrected chi connectivity index (χ2v) is 5.18. The predicted molar refractivity (Wildman–Crippen MR) is 59.4 cm³/mol. The quantitative estimate of drug-likeness (QED) is 0.808. The Morgan fingerprint density at radius 1 is 1.64 bits per heavy atom. The third kappa shape index (κ3) is 2.35. The average molecular weight is 211 g/mol. The van der Waals surface area contributed by atoms with Crippen molar-refractivity contribution in [3.63, 3.8) is 0 Å². The summed E-state index contributed by atoms with van der Waals surface area (Å²) in [5.74, 6) is 0.467. The molecule has 1 saturated heterocycles. The van der Waals surface area contributed by atoms with Gasteiger partial charge in [-0.2, -0.15) is 0 Å². The standard InChI is InChI=1S/C11H17NOS/c1-9-4-5-12(8-11(9)13)7-10-3-2-6-14-10/h2-3,6,9,11,13H,4-5,7-8H2,1H3. The fourth-order valence-electron chi connectivity index (χ4n) is 1.88. The number of β-amino-alcohol motifs (C(OH)–C–C–N with tert-alkyl or cyclic N) is 1. The Hall–Kier alpha value is -0.380. The first-order chi connectivity index (χ1) is 6.75. The molecule has 1 fully saturated rings. The van der Waals surface area contributed by atoms with Crippen LogP contribution >= 0.6 is 11.3 Å². The van der Waals surface area contributed by atoms with Gasteiger partial charge < -0.3 is 5.11 Å². The van der Waals surface area contributed by atoms with Gasteiger partial charge in [-0.05, 0) is 30.3 Å². The van der Waals surface area contributed by atoms with Crippen molar-refractivity contribution in [1.29, 1.82) is 0 Å². The lowest BCUT2D eigenvalue weighted by molar-refractivity contribution is 0.0263. The van der Waals surface area contributed by atoms with Gasteiger partial charge in [0.1, 0.15) is 0 Å². The SMILES string of the molecule is CC1CCN(Cc2cccs2)CC1O. The van der Waals surface area contributed by atoms with Crippen molar-refractivity contribution in [1.82, 2.24) is 4.90 Å². The van der Waals surface area contributed by atoms with Gasteiger partial charge in [-0.15, -0.1) is 11.3 Å². The van der Waals surface area contributed by atoms with Gasteiger partial charge in [0.05, 0.1) is 6.10 Å². The summed E-state index contributed by atoms with van der Waals surface area (Å²) in [7, 11) is 0. The fraction of sp³-hybridized carbons (Fsp3) is 0.636. The highest BCUT2D eigenvalue weighted by atomic mass is 32.1. The number of rotatable bonds is 2. The van der Waals surface area contributed by atoms with Crippen LogP contribution in [0.5, 0.6) is 0 Å². The number of aliphatic hydroxyl groups excluding tert-OH is 1. The lowest BCUT2D eigenvalue weighted by Gasteiger charge is -2.33. The van der Waals surface area contributed by atoms with E-state index in [0.29, 0.717) is 5.92 Å². The summed E-state index contributed by atoms with van der Waals surface area (Å²) < 4.78 is 0. The summed E-state index contributed by atoms with van der Waals surface area (Å²) in [6, 6.07) is 4.25. The summed E-state index contributed by atoms with van der Waals surface area (Å²) in [5.41, 5.74) is 0. The van der Waals surface area contributed by atoms with E-state index in [1.54, 1.807) is 11.3 Å². The Kier molecular flexibility index (Phi) is 3.21. The number of likely N-dealkylation sites (tertiary alicyclic amines) is 1. The first kappa shape index (κ1) is 10.1. The second-order valence-electron chi connectivity index (χ2n) is 4.15. The minimum Gasteiger partial charge on any atom is -0.392 e. The number of thiophene rings is 1.